The molecule has 2 nitrogen and oxygen atoms in total. The van der Waals surface area contributed by atoms with Gasteiger partial charge in [0, 0.05) is 12.2 Å². The van der Waals surface area contributed by atoms with Crippen molar-refractivity contribution in [2.75, 3.05) is 5.32 Å². The third-order valence-electron chi connectivity index (χ3n) is 3.07. The standard InChI is InChI=1S/C13H20N2/c1-9-7-11(9)15-12-6-5-10(8-14-12)13(2,3)4/h5-6,8-9,11H,7H2,1-4H3,(H,14,15). The maximum Gasteiger partial charge on any atom is 0.126 e. The zero-order valence-electron chi connectivity index (χ0n) is 10.0. The second-order valence-corrected chi connectivity index (χ2v) is 5.65. The van der Waals surface area contributed by atoms with Crippen molar-refractivity contribution in [1.29, 1.82) is 0 Å². The van der Waals surface area contributed by atoms with Gasteiger partial charge in [-0.05, 0) is 29.4 Å². The minimum atomic E-state index is 0.193. The Labute approximate surface area is 92.1 Å². The summed E-state index contributed by atoms with van der Waals surface area (Å²) in [5.41, 5.74) is 1.48. The van der Waals surface area contributed by atoms with Crippen LogP contribution in [0.2, 0.25) is 0 Å². The molecule has 1 aliphatic carbocycles. The van der Waals surface area contributed by atoms with Gasteiger partial charge in [-0.2, -0.15) is 0 Å². The van der Waals surface area contributed by atoms with Crippen LogP contribution in [0, 0.1) is 5.92 Å². The summed E-state index contributed by atoms with van der Waals surface area (Å²) in [6.45, 7) is 8.89. The van der Waals surface area contributed by atoms with E-state index in [9.17, 15) is 0 Å². The first-order valence-corrected chi connectivity index (χ1v) is 5.70. The Kier molecular flexibility index (Phi) is 2.45. The van der Waals surface area contributed by atoms with Gasteiger partial charge < -0.3 is 5.32 Å². The minimum Gasteiger partial charge on any atom is -0.367 e. The highest BCUT2D eigenvalue weighted by Crippen LogP contribution is 2.32. The molecule has 1 N–H and O–H groups in total. The normalized spacial score (nSPS) is 25.1. The smallest absolute Gasteiger partial charge is 0.126 e. The Bertz CT molecular complexity index is 335. The predicted octanol–water partition coefficient (Wildman–Crippen LogP) is 3.20. The topological polar surface area (TPSA) is 24.9 Å². The van der Waals surface area contributed by atoms with Gasteiger partial charge in [-0.25, -0.2) is 4.98 Å². The summed E-state index contributed by atoms with van der Waals surface area (Å²) in [5.74, 6) is 1.83. The number of nitrogens with zero attached hydrogens (tertiary/aromatic N) is 1. The van der Waals surface area contributed by atoms with Crippen molar-refractivity contribution in [2.45, 2.75) is 45.6 Å². The summed E-state index contributed by atoms with van der Waals surface area (Å²) in [4.78, 5) is 4.45. The van der Waals surface area contributed by atoms with Crippen LogP contribution in [0.1, 0.15) is 39.7 Å². The van der Waals surface area contributed by atoms with Crippen molar-refractivity contribution >= 4 is 5.82 Å². The fourth-order valence-corrected chi connectivity index (χ4v) is 1.64. The fourth-order valence-electron chi connectivity index (χ4n) is 1.64. The lowest BCUT2D eigenvalue weighted by Crippen LogP contribution is -2.12. The molecule has 1 aromatic rings. The molecule has 2 atom stereocenters. The van der Waals surface area contributed by atoms with Gasteiger partial charge in [0.1, 0.15) is 5.82 Å². The molecule has 1 aromatic heterocycles. The average molecular weight is 204 g/mol. The van der Waals surface area contributed by atoms with Crippen LogP contribution < -0.4 is 5.32 Å². The van der Waals surface area contributed by atoms with Gasteiger partial charge in [0.05, 0.1) is 0 Å². The van der Waals surface area contributed by atoms with Gasteiger partial charge in [0.15, 0.2) is 0 Å². The van der Waals surface area contributed by atoms with Crippen molar-refractivity contribution in [1.82, 2.24) is 4.98 Å². The first kappa shape index (κ1) is 10.5. The summed E-state index contributed by atoms with van der Waals surface area (Å²) in [7, 11) is 0. The number of rotatable bonds is 2. The van der Waals surface area contributed by atoms with Crippen molar-refractivity contribution in [2.24, 2.45) is 5.92 Å². The second kappa shape index (κ2) is 3.51. The molecule has 15 heavy (non-hydrogen) atoms. The third kappa shape index (κ3) is 2.49. The van der Waals surface area contributed by atoms with Crippen molar-refractivity contribution in [3.8, 4) is 0 Å². The minimum absolute atomic E-state index is 0.193. The molecule has 0 bridgehead atoms. The van der Waals surface area contributed by atoms with E-state index in [2.05, 4.69) is 50.1 Å². The highest BCUT2D eigenvalue weighted by atomic mass is 15.0. The molecule has 1 aliphatic rings. The molecule has 0 aromatic carbocycles. The molecule has 1 heterocycles. The Morgan fingerprint density at radius 1 is 1.33 bits per heavy atom. The fraction of sp³-hybridized carbons (Fsp3) is 0.615. The maximum atomic E-state index is 4.45. The van der Waals surface area contributed by atoms with Crippen LogP contribution in [0.25, 0.3) is 0 Å². The quantitative estimate of drug-likeness (QED) is 0.800. The van der Waals surface area contributed by atoms with Gasteiger partial charge >= 0.3 is 0 Å². The van der Waals surface area contributed by atoms with E-state index < -0.39 is 0 Å². The lowest BCUT2D eigenvalue weighted by Gasteiger charge is -2.18. The number of anilines is 1. The molecular weight excluding hydrogens is 184 g/mol. The van der Waals surface area contributed by atoms with Gasteiger partial charge in [0.2, 0.25) is 0 Å². The Morgan fingerprint density at radius 3 is 2.40 bits per heavy atom. The summed E-state index contributed by atoms with van der Waals surface area (Å²) < 4.78 is 0. The molecule has 82 valence electrons. The number of pyridine rings is 1. The van der Waals surface area contributed by atoms with Gasteiger partial charge in [-0.1, -0.05) is 33.8 Å². The molecule has 0 aliphatic heterocycles. The van der Waals surface area contributed by atoms with E-state index in [0.717, 1.165) is 11.7 Å². The number of hydrogen-bond donors (Lipinski definition) is 1. The van der Waals surface area contributed by atoms with E-state index in [0.29, 0.717) is 6.04 Å². The summed E-state index contributed by atoms with van der Waals surface area (Å²) in [5, 5.41) is 3.43. The largest absolute Gasteiger partial charge is 0.367 e. The van der Waals surface area contributed by atoms with Crippen LogP contribution in [0.3, 0.4) is 0 Å². The summed E-state index contributed by atoms with van der Waals surface area (Å²) in [6, 6.07) is 4.91. The molecule has 1 saturated carbocycles. The van der Waals surface area contributed by atoms with Crippen LogP contribution in [-0.2, 0) is 5.41 Å². The predicted molar refractivity (Wildman–Crippen MR) is 64.1 cm³/mol. The zero-order chi connectivity index (χ0) is 11.1. The number of aromatic nitrogens is 1. The van der Waals surface area contributed by atoms with E-state index in [-0.39, 0.29) is 5.41 Å². The summed E-state index contributed by atoms with van der Waals surface area (Å²) >= 11 is 0. The molecule has 0 spiro atoms. The van der Waals surface area contributed by atoms with Crippen LogP contribution in [0.15, 0.2) is 18.3 Å². The van der Waals surface area contributed by atoms with Gasteiger partial charge in [0.25, 0.3) is 0 Å². The molecule has 0 radical (unpaired) electrons. The van der Waals surface area contributed by atoms with Crippen molar-refractivity contribution in [3.05, 3.63) is 23.9 Å². The number of nitrogens with one attached hydrogen (secondary N) is 1. The average Bonchev–Trinajstić information content (AvgIpc) is 2.81. The lowest BCUT2D eigenvalue weighted by molar-refractivity contribution is 0.587. The first-order chi connectivity index (χ1) is 6.97. The molecule has 1 fully saturated rings. The summed E-state index contributed by atoms with van der Waals surface area (Å²) in [6.07, 6.45) is 3.26. The van der Waals surface area contributed by atoms with Crippen LogP contribution >= 0.6 is 0 Å². The van der Waals surface area contributed by atoms with Crippen LogP contribution in [0.4, 0.5) is 5.82 Å². The number of hydrogen-bond acceptors (Lipinski definition) is 2. The van der Waals surface area contributed by atoms with Crippen molar-refractivity contribution < 1.29 is 0 Å². The zero-order valence-corrected chi connectivity index (χ0v) is 10.0. The third-order valence-corrected chi connectivity index (χ3v) is 3.07. The van der Waals surface area contributed by atoms with E-state index >= 15 is 0 Å². The Balaban J connectivity index is 2.04. The highest BCUT2D eigenvalue weighted by Gasteiger charge is 2.32. The van der Waals surface area contributed by atoms with Crippen LogP contribution in [0.5, 0.6) is 0 Å². The van der Waals surface area contributed by atoms with Crippen molar-refractivity contribution in [3.63, 3.8) is 0 Å². The van der Waals surface area contributed by atoms with Crippen LogP contribution in [-0.4, -0.2) is 11.0 Å². The monoisotopic (exact) mass is 204 g/mol. The molecule has 0 amide bonds. The second-order valence-electron chi connectivity index (χ2n) is 5.65. The molecule has 2 rings (SSSR count). The van der Waals surface area contributed by atoms with E-state index in [4.69, 9.17) is 0 Å². The lowest BCUT2D eigenvalue weighted by atomic mass is 9.88. The van der Waals surface area contributed by atoms with Gasteiger partial charge in [-0.15, -0.1) is 0 Å². The molecule has 2 heteroatoms. The van der Waals surface area contributed by atoms with E-state index in [1.165, 1.54) is 12.0 Å². The Morgan fingerprint density at radius 2 is 2.00 bits per heavy atom. The maximum absolute atomic E-state index is 4.45. The molecular formula is C13H20N2. The molecule has 2 unspecified atom stereocenters. The van der Waals surface area contributed by atoms with Gasteiger partial charge in [-0.3, -0.25) is 0 Å². The molecule has 0 saturated heterocycles. The SMILES string of the molecule is CC1CC1Nc1ccc(C(C)(C)C)cn1. The highest BCUT2D eigenvalue weighted by molar-refractivity contribution is 5.39. The first-order valence-electron chi connectivity index (χ1n) is 5.70. The van der Waals surface area contributed by atoms with E-state index in [1.54, 1.807) is 0 Å². The Hall–Kier alpha value is -1.05. The van der Waals surface area contributed by atoms with E-state index in [1.807, 2.05) is 6.20 Å².